The molecule has 2 aromatic rings. The zero-order valence-corrected chi connectivity index (χ0v) is 19.4. The summed E-state index contributed by atoms with van der Waals surface area (Å²) in [6, 6.07) is 14.5. The molecular weight excluding hydrogens is 434 g/mol. The van der Waals surface area contributed by atoms with E-state index in [0.29, 0.717) is 33.8 Å². The van der Waals surface area contributed by atoms with E-state index in [1.165, 1.54) is 7.05 Å². The second-order valence-electron chi connectivity index (χ2n) is 8.02. The zero-order valence-electron chi connectivity index (χ0n) is 19.4. The number of fused-ring (bicyclic) bond motifs is 1. The second-order valence-corrected chi connectivity index (χ2v) is 8.02. The van der Waals surface area contributed by atoms with E-state index in [0.717, 1.165) is 44.0 Å². The summed E-state index contributed by atoms with van der Waals surface area (Å²) in [6.07, 6.45) is 0. The van der Waals surface area contributed by atoms with E-state index in [4.69, 9.17) is 19.5 Å². The smallest absolute Gasteiger partial charge is 0.345 e. The number of hydrogen-bond acceptors (Lipinski definition) is 7. The second kappa shape index (κ2) is 10.5. The van der Waals surface area contributed by atoms with E-state index >= 15 is 0 Å². The summed E-state index contributed by atoms with van der Waals surface area (Å²) in [4.78, 5) is 15.3. The minimum Gasteiger partial charge on any atom is -0.624 e. The van der Waals surface area contributed by atoms with Crippen molar-refractivity contribution in [1.82, 2.24) is 4.90 Å². The molecule has 2 aliphatic rings. The van der Waals surface area contributed by atoms with Crippen LogP contribution in [0.1, 0.15) is 29.2 Å². The van der Waals surface area contributed by atoms with Crippen molar-refractivity contribution in [2.24, 2.45) is 0 Å². The third kappa shape index (κ3) is 4.81. The van der Waals surface area contributed by atoms with Crippen LogP contribution >= 0.6 is 0 Å². The van der Waals surface area contributed by atoms with Crippen molar-refractivity contribution in [3.63, 3.8) is 0 Å². The summed E-state index contributed by atoms with van der Waals surface area (Å²) in [6.45, 7) is 6.42. The van der Waals surface area contributed by atoms with Crippen LogP contribution in [0.3, 0.4) is 0 Å². The highest BCUT2D eigenvalue weighted by Crippen LogP contribution is 2.40. The number of nitrogens with zero attached hydrogens (tertiary/aromatic N) is 3. The van der Waals surface area contributed by atoms with Crippen LogP contribution in [-0.4, -0.2) is 74.4 Å². The van der Waals surface area contributed by atoms with Crippen LogP contribution in [0.25, 0.3) is 5.57 Å². The molecule has 0 radical (unpaired) electrons. The van der Waals surface area contributed by atoms with Gasteiger partial charge in [0.25, 0.3) is 0 Å². The molecule has 1 heterocycles. The Morgan fingerprint density at radius 3 is 2.56 bits per heavy atom. The highest BCUT2D eigenvalue weighted by molar-refractivity contribution is 6.35. The number of ether oxygens (including phenoxy) is 3. The highest BCUT2D eigenvalue weighted by Gasteiger charge is 2.39. The molecule has 1 fully saturated rings. The predicted molar refractivity (Wildman–Crippen MR) is 127 cm³/mol. The number of rotatable bonds is 7. The summed E-state index contributed by atoms with van der Waals surface area (Å²) in [5.41, 5.74) is 3.65. The average molecular weight is 462 g/mol. The molecule has 0 amide bonds. The maximum absolute atomic E-state index is 13.0. The Morgan fingerprint density at radius 1 is 1.18 bits per heavy atom. The van der Waals surface area contributed by atoms with E-state index in [2.05, 4.69) is 11.0 Å². The van der Waals surface area contributed by atoms with E-state index < -0.39 is 5.97 Å². The first kappa shape index (κ1) is 23.5. The minimum atomic E-state index is -0.564. The summed E-state index contributed by atoms with van der Waals surface area (Å²) in [7, 11) is 1.37. The fourth-order valence-corrected chi connectivity index (χ4v) is 4.27. The first-order valence-corrected chi connectivity index (χ1v) is 11.3. The largest absolute Gasteiger partial charge is 0.624 e. The molecule has 4 rings (SSSR count). The number of esters is 1. The number of hydroxylamine groups is 1. The zero-order chi connectivity index (χ0) is 24.1. The topological polar surface area (TPSA) is 97.9 Å². The lowest BCUT2D eigenvalue weighted by atomic mass is 9.96. The first-order chi connectivity index (χ1) is 16.5. The molecule has 8 nitrogen and oxygen atoms in total. The quantitative estimate of drug-likeness (QED) is 0.271. The molecule has 2 aromatic carbocycles. The van der Waals surface area contributed by atoms with Crippen LogP contribution in [0.2, 0.25) is 0 Å². The fourth-order valence-electron chi connectivity index (χ4n) is 4.27. The Hall–Kier alpha value is -3.67. The molecule has 34 heavy (non-hydrogen) atoms. The normalized spacial score (nSPS) is 17.2. The standard InChI is InChI=1S/C26H27N3O5/c1-3-33-26(30)24-23(19-6-4-18(17-27)5-7-19)21-9-8-20(16-22(21)25(24)28(2)31)34-15-12-29-10-13-32-14-11-29/h4-9,16H,3,10-15H2,1-2H3/b28-25+. The molecule has 8 heteroatoms. The molecule has 0 bridgehead atoms. The summed E-state index contributed by atoms with van der Waals surface area (Å²) >= 11 is 0. The van der Waals surface area contributed by atoms with E-state index in [1.54, 1.807) is 37.3 Å². The van der Waals surface area contributed by atoms with Gasteiger partial charge in [-0.3, -0.25) is 4.90 Å². The molecule has 1 aliphatic heterocycles. The Labute approximate surface area is 198 Å². The molecule has 1 saturated heterocycles. The van der Waals surface area contributed by atoms with E-state index in [1.807, 2.05) is 12.1 Å². The van der Waals surface area contributed by atoms with Crippen molar-refractivity contribution >= 4 is 17.3 Å². The number of nitriles is 1. The van der Waals surface area contributed by atoms with Gasteiger partial charge >= 0.3 is 5.97 Å². The van der Waals surface area contributed by atoms with Gasteiger partial charge in [0.05, 0.1) is 37.0 Å². The van der Waals surface area contributed by atoms with Crippen molar-refractivity contribution in [3.8, 4) is 11.8 Å². The molecule has 0 N–H and O–H groups in total. The predicted octanol–water partition coefficient (Wildman–Crippen LogP) is 2.58. The summed E-state index contributed by atoms with van der Waals surface area (Å²) in [5, 5.41) is 21.8. The van der Waals surface area contributed by atoms with Crippen LogP contribution < -0.4 is 4.74 Å². The highest BCUT2D eigenvalue weighted by atomic mass is 16.5. The molecule has 0 atom stereocenters. The van der Waals surface area contributed by atoms with Crippen molar-refractivity contribution in [2.45, 2.75) is 6.92 Å². The van der Waals surface area contributed by atoms with Crippen LogP contribution in [0.5, 0.6) is 5.75 Å². The molecule has 1 aliphatic carbocycles. The average Bonchev–Trinajstić information content (AvgIpc) is 3.20. The summed E-state index contributed by atoms with van der Waals surface area (Å²) in [5.74, 6) is 0.0567. The van der Waals surface area contributed by atoms with Gasteiger partial charge in [-0.1, -0.05) is 12.1 Å². The third-order valence-corrected chi connectivity index (χ3v) is 5.88. The molecule has 0 unspecified atom stereocenters. The van der Waals surface area contributed by atoms with Crippen LogP contribution in [0.15, 0.2) is 48.0 Å². The maximum atomic E-state index is 13.0. The van der Waals surface area contributed by atoms with Crippen LogP contribution in [-0.2, 0) is 14.3 Å². The van der Waals surface area contributed by atoms with E-state index in [-0.39, 0.29) is 17.9 Å². The SMILES string of the molecule is CCOC(=O)C1=C(c2ccc(C#N)cc2)c2ccc(OCCN3CCOCC3)cc2/C1=[N+](/C)[O-]. The Balaban J connectivity index is 1.69. The molecule has 0 spiro atoms. The van der Waals surface area contributed by atoms with Crippen molar-refractivity contribution in [1.29, 1.82) is 5.26 Å². The van der Waals surface area contributed by atoms with Gasteiger partial charge in [0.2, 0.25) is 5.71 Å². The number of carbonyl (C=O) groups is 1. The van der Waals surface area contributed by atoms with Crippen LogP contribution in [0, 0.1) is 16.5 Å². The third-order valence-electron chi connectivity index (χ3n) is 5.88. The number of benzene rings is 2. The Kier molecular flexibility index (Phi) is 7.26. The van der Waals surface area contributed by atoms with Crippen molar-refractivity contribution in [2.75, 3.05) is 53.1 Å². The molecule has 176 valence electrons. The molecule has 0 aromatic heterocycles. The van der Waals surface area contributed by atoms with Crippen LogP contribution in [0.4, 0.5) is 0 Å². The fraction of sp³-hybridized carbons (Fsp3) is 0.346. The van der Waals surface area contributed by atoms with Crippen molar-refractivity contribution < 1.29 is 23.7 Å². The van der Waals surface area contributed by atoms with Gasteiger partial charge in [0.15, 0.2) is 0 Å². The lowest BCUT2D eigenvalue weighted by Gasteiger charge is -2.26. The molecule has 0 saturated carbocycles. The first-order valence-electron chi connectivity index (χ1n) is 11.3. The van der Waals surface area contributed by atoms with Gasteiger partial charge in [-0.15, -0.1) is 0 Å². The summed E-state index contributed by atoms with van der Waals surface area (Å²) < 4.78 is 17.4. The Morgan fingerprint density at radius 2 is 1.91 bits per heavy atom. The van der Waals surface area contributed by atoms with Crippen molar-refractivity contribution in [3.05, 3.63) is 75.5 Å². The van der Waals surface area contributed by atoms with Gasteiger partial charge in [-0.25, -0.2) is 9.53 Å². The number of carbonyl (C=O) groups excluding carboxylic acids is 1. The van der Waals surface area contributed by atoms with Gasteiger partial charge in [0, 0.05) is 25.2 Å². The van der Waals surface area contributed by atoms with E-state index in [9.17, 15) is 10.0 Å². The number of morpholine rings is 1. The molecular formula is C26H27N3O5. The maximum Gasteiger partial charge on any atom is 0.345 e. The minimum absolute atomic E-state index is 0.186. The number of hydrogen-bond donors (Lipinski definition) is 0. The lowest BCUT2D eigenvalue weighted by Crippen LogP contribution is -2.38. The van der Waals surface area contributed by atoms with Gasteiger partial charge in [-0.2, -0.15) is 5.26 Å². The lowest BCUT2D eigenvalue weighted by molar-refractivity contribution is -0.421. The Bertz CT molecular complexity index is 1170. The van der Waals surface area contributed by atoms with Gasteiger partial charge in [0.1, 0.15) is 25.0 Å². The van der Waals surface area contributed by atoms with Gasteiger partial charge in [-0.05, 0) is 48.4 Å². The monoisotopic (exact) mass is 461 g/mol. The van der Waals surface area contributed by atoms with Gasteiger partial charge < -0.3 is 19.4 Å².